The Morgan fingerprint density at radius 1 is 1.17 bits per heavy atom. The van der Waals surface area contributed by atoms with E-state index in [1.165, 1.54) is 27.0 Å². The third-order valence-corrected chi connectivity index (χ3v) is 5.14. The number of hydrogen-bond acceptors (Lipinski definition) is 5. The number of alkyl halides is 3. The molecule has 3 aromatic heterocycles. The van der Waals surface area contributed by atoms with Gasteiger partial charge in [-0.25, -0.2) is 18.7 Å². The highest BCUT2D eigenvalue weighted by molar-refractivity contribution is 5.82. The number of H-pyrrole nitrogens is 1. The zero-order chi connectivity index (χ0) is 25.7. The Bertz CT molecular complexity index is 1580. The normalized spacial score (nSPS) is 12.3. The van der Waals surface area contributed by atoms with Crippen LogP contribution in [0.25, 0.3) is 34.0 Å². The summed E-state index contributed by atoms with van der Waals surface area (Å²) in [5.41, 5.74) is -5.32. The number of benzene rings is 1. The van der Waals surface area contributed by atoms with Crippen LogP contribution >= 0.6 is 0 Å². The van der Waals surface area contributed by atoms with Crippen molar-refractivity contribution in [3.8, 4) is 34.9 Å². The fourth-order valence-corrected chi connectivity index (χ4v) is 3.63. The highest BCUT2D eigenvalue weighted by Crippen LogP contribution is 2.40. The third kappa shape index (κ3) is 3.84. The number of halogens is 5. The Labute approximate surface area is 193 Å². The number of aromatic nitrogens is 4. The number of ether oxygens (including phenoxy) is 1. The molecule has 0 aliphatic heterocycles. The molecule has 35 heavy (non-hydrogen) atoms. The number of aryl methyl sites for hydroxylation is 2. The lowest BCUT2D eigenvalue weighted by Gasteiger charge is -2.09. The van der Waals surface area contributed by atoms with Crippen molar-refractivity contribution in [2.24, 2.45) is 0 Å². The van der Waals surface area contributed by atoms with Crippen molar-refractivity contribution in [2.75, 3.05) is 7.11 Å². The summed E-state index contributed by atoms with van der Waals surface area (Å²) in [5, 5.41) is 1.89. The van der Waals surface area contributed by atoms with Crippen LogP contribution in [0, 0.1) is 37.8 Å². The molecule has 0 aliphatic rings. The van der Waals surface area contributed by atoms with Crippen molar-refractivity contribution in [1.82, 2.24) is 19.6 Å². The van der Waals surface area contributed by atoms with Crippen LogP contribution in [0.5, 0.6) is 0 Å². The lowest BCUT2D eigenvalue weighted by atomic mass is 10.0. The van der Waals surface area contributed by atoms with Gasteiger partial charge in [-0.2, -0.15) is 17.7 Å². The highest BCUT2D eigenvalue weighted by atomic mass is 19.4. The topological polar surface area (TPSA) is 85.4 Å². The van der Waals surface area contributed by atoms with Crippen LogP contribution in [0.4, 0.5) is 22.0 Å². The molecule has 4 aromatic rings. The van der Waals surface area contributed by atoms with Gasteiger partial charge in [0.2, 0.25) is 5.89 Å². The van der Waals surface area contributed by atoms with Crippen molar-refractivity contribution in [2.45, 2.75) is 20.0 Å². The van der Waals surface area contributed by atoms with Crippen LogP contribution in [0.3, 0.4) is 0 Å². The summed E-state index contributed by atoms with van der Waals surface area (Å²) in [7, 11) is 1.34. The lowest BCUT2D eigenvalue weighted by molar-refractivity contribution is -0.140. The molecule has 0 saturated heterocycles. The van der Waals surface area contributed by atoms with Crippen LogP contribution in [0.15, 0.2) is 33.5 Å². The average molecular weight is 490 g/mol. The molecule has 0 amide bonds. The molecule has 0 aliphatic carbocycles. The first-order valence-electron chi connectivity index (χ1n) is 9.84. The number of oxazole rings is 1. The van der Waals surface area contributed by atoms with Crippen molar-refractivity contribution in [3.63, 3.8) is 0 Å². The number of nitrogens with one attached hydrogen (secondary N) is 1. The maximum Gasteiger partial charge on any atom is 0.433 e. The molecular formula is C23H15F5N4O3. The third-order valence-electron chi connectivity index (χ3n) is 5.14. The minimum absolute atomic E-state index is 0.0894. The summed E-state index contributed by atoms with van der Waals surface area (Å²) in [4.78, 5) is 21.6. The molecule has 0 bridgehead atoms. The van der Waals surface area contributed by atoms with E-state index < -0.39 is 45.8 Å². The number of aromatic amines is 1. The smallest absolute Gasteiger partial charge is 0.433 e. The molecule has 7 nitrogen and oxygen atoms in total. The molecule has 0 spiro atoms. The van der Waals surface area contributed by atoms with Crippen molar-refractivity contribution in [3.05, 3.63) is 69.1 Å². The number of allylic oxidation sites excluding steroid dienone is 1. The van der Waals surface area contributed by atoms with Gasteiger partial charge in [-0.05, 0) is 26.0 Å². The maximum absolute atomic E-state index is 14.5. The number of fused-ring (bicyclic) bond motifs is 1. The Morgan fingerprint density at radius 3 is 2.40 bits per heavy atom. The Kier molecular flexibility index (Phi) is 5.72. The van der Waals surface area contributed by atoms with Crippen molar-refractivity contribution in [1.29, 1.82) is 0 Å². The van der Waals surface area contributed by atoms with Gasteiger partial charge >= 0.3 is 6.18 Å². The number of terminal acetylenes is 1. The first-order chi connectivity index (χ1) is 16.5. The molecule has 0 atom stereocenters. The van der Waals surface area contributed by atoms with E-state index in [2.05, 4.69) is 15.9 Å². The summed E-state index contributed by atoms with van der Waals surface area (Å²) in [6.07, 6.45) is 1.43. The first-order valence-corrected chi connectivity index (χ1v) is 9.84. The van der Waals surface area contributed by atoms with E-state index in [1.54, 1.807) is 0 Å². The van der Waals surface area contributed by atoms with E-state index in [4.69, 9.17) is 15.6 Å². The molecule has 1 aromatic carbocycles. The second-order valence-corrected chi connectivity index (χ2v) is 7.30. The second-order valence-electron chi connectivity index (χ2n) is 7.30. The summed E-state index contributed by atoms with van der Waals surface area (Å²) < 4.78 is 81.7. The fourth-order valence-electron chi connectivity index (χ4n) is 3.63. The Morgan fingerprint density at radius 2 is 1.83 bits per heavy atom. The quantitative estimate of drug-likeness (QED) is 0.251. The molecule has 0 fully saturated rings. The molecule has 1 N–H and O–H groups in total. The second kappa shape index (κ2) is 8.43. The van der Waals surface area contributed by atoms with E-state index in [-0.39, 0.29) is 34.4 Å². The van der Waals surface area contributed by atoms with Crippen molar-refractivity contribution >= 4 is 11.4 Å². The van der Waals surface area contributed by atoms with E-state index >= 15 is 0 Å². The molecule has 4 rings (SSSR count). The van der Waals surface area contributed by atoms with Crippen LogP contribution < -0.4 is 5.56 Å². The monoisotopic (exact) mass is 490 g/mol. The highest BCUT2D eigenvalue weighted by Gasteiger charge is 2.40. The predicted molar refractivity (Wildman–Crippen MR) is 115 cm³/mol. The minimum Gasteiger partial charge on any atom is -0.494 e. The summed E-state index contributed by atoms with van der Waals surface area (Å²) in [6, 6.07) is 2.61. The van der Waals surface area contributed by atoms with E-state index in [9.17, 15) is 26.7 Å². The van der Waals surface area contributed by atoms with E-state index in [0.29, 0.717) is 4.52 Å². The summed E-state index contributed by atoms with van der Waals surface area (Å²) in [5.74, 6) is -0.137. The van der Waals surface area contributed by atoms with Gasteiger partial charge in [-0.15, -0.1) is 6.42 Å². The van der Waals surface area contributed by atoms with E-state index in [1.807, 2.05) is 5.10 Å². The number of nitrogens with zero attached hydrogens (tertiary/aromatic N) is 3. The lowest BCUT2D eigenvalue weighted by Crippen LogP contribution is -2.20. The van der Waals surface area contributed by atoms with Gasteiger partial charge in [0.15, 0.2) is 11.4 Å². The van der Waals surface area contributed by atoms with E-state index in [0.717, 1.165) is 18.2 Å². The molecule has 12 heteroatoms. The van der Waals surface area contributed by atoms with Gasteiger partial charge in [0.1, 0.15) is 34.3 Å². The number of hydrogen-bond donors (Lipinski definition) is 1. The zero-order valence-corrected chi connectivity index (χ0v) is 18.3. The molecule has 0 radical (unpaired) electrons. The van der Waals surface area contributed by atoms with Crippen LogP contribution in [0.1, 0.15) is 22.8 Å². The predicted octanol–water partition coefficient (Wildman–Crippen LogP) is 4.88. The van der Waals surface area contributed by atoms with Gasteiger partial charge in [-0.1, -0.05) is 12.0 Å². The summed E-state index contributed by atoms with van der Waals surface area (Å²) in [6.45, 7) is 2.84. The maximum atomic E-state index is 14.5. The van der Waals surface area contributed by atoms with Crippen LogP contribution in [0.2, 0.25) is 0 Å². The van der Waals surface area contributed by atoms with Crippen LogP contribution in [-0.2, 0) is 10.9 Å². The average Bonchev–Trinajstić information content (AvgIpc) is 3.33. The Balaban J connectivity index is 2.06. The zero-order valence-electron chi connectivity index (χ0n) is 18.3. The molecule has 0 saturated carbocycles. The van der Waals surface area contributed by atoms with Gasteiger partial charge in [-0.3, -0.25) is 9.89 Å². The molecule has 3 heterocycles. The van der Waals surface area contributed by atoms with Gasteiger partial charge in [0.05, 0.1) is 23.9 Å². The molecule has 180 valence electrons. The summed E-state index contributed by atoms with van der Waals surface area (Å²) >= 11 is 0. The molecule has 0 unspecified atom stereocenters. The van der Waals surface area contributed by atoms with Gasteiger partial charge in [0, 0.05) is 6.08 Å². The largest absolute Gasteiger partial charge is 0.494 e. The number of methoxy groups -OCH3 is 1. The fraction of sp³-hybridized carbons (Fsp3) is 0.174. The van der Waals surface area contributed by atoms with Gasteiger partial charge in [0.25, 0.3) is 5.56 Å². The Hall–Kier alpha value is -4.40. The standard InChI is InChI=1S/C23H15F5N4O3/c1-5-7-14(34-4)18-11(3)35-21(30-18)15-10(2)29-20-17(16-12(24)8-6-9-13(16)25)19(23(26,27)28)31-32(20)22(15)33/h1,6-9,31H,2-4H3/b14-7+. The first kappa shape index (κ1) is 23.7. The van der Waals surface area contributed by atoms with Gasteiger partial charge < -0.3 is 9.15 Å². The minimum atomic E-state index is -5.10. The number of rotatable bonds is 4. The SMILES string of the molecule is C#C/C=C(/OC)c1nc(-c2c(C)nc3c(-c4c(F)cccc4F)c(C(F)(F)F)[nH]n3c2=O)oc1C. The van der Waals surface area contributed by atoms with Crippen LogP contribution in [-0.4, -0.2) is 26.7 Å². The molecular weight excluding hydrogens is 475 g/mol. The van der Waals surface area contributed by atoms with Crippen molar-refractivity contribution < 1.29 is 31.1 Å².